The highest BCUT2D eigenvalue weighted by Crippen LogP contribution is 2.23. The standard InChI is InChI=1S/C14H16N2O2/c1-16-14(17)13(15)11-4-3-10-8-12(18-2)6-5-9(10)7-11/h3-8,13H,15H2,1-2H3,(H,16,17). The quantitative estimate of drug-likeness (QED) is 0.861. The summed E-state index contributed by atoms with van der Waals surface area (Å²) in [4.78, 5) is 11.5. The zero-order valence-electron chi connectivity index (χ0n) is 10.4. The van der Waals surface area contributed by atoms with E-state index in [0.29, 0.717) is 0 Å². The number of nitrogens with two attached hydrogens (primary N) is 1. The Morgan fingerprint density at radius 1 is 1.22 bits per heavy atom. The number of amides is 1. The van der Waals surface area contributed by atoms with Crippen LogP contribution in [0.5, 0.6) is 5.75 Å². The maximum absolute atomic E-state index is 11.5. The molecule has 94 valence electrons. The van der Waals surface area contributed by atoms with Crippen LogP contribution in [0.2, 0.25) is 0 Å². The summed E-state index contributed by atoms with van der Waals surface area (Å²) >= 11 is 0. The summed E-state index contributed by atoms with van der Waals surface area (Å²) in [7, 11) is 3.21. The molecule has 2 rings (SSSR count). The van der Waals surface area contributed by atoms with Gasteiger partial charge in [0.2, 0.25) is 5.91 Å². The van der Waals surface area contributed by atoms with Gasteiger partial charge in [0.05, 0.1) is 7.11 Å². The van der Waals surface area contributed by atoms with E-state index in [9.17, 15) is 4.79 Å². The topological polar surface area (TPSA) is 64.4 Å². The van der Waals surface area contributed by atoms with E-state index in [2.05, 4.69) is 5.32 Å². The van der Waals surface area contributed by atoms with Crippen molar-refractivity contribution < 1.29 is 9.53 Å². The third-order valence-electron chi connectivity index (χ3n) is 2.96. The van der Waals surface area contributed by atoms with Crippen molar-refractivity contribution in [2.75, 3.05) is 14.2 Å². The summed E-state index contributed by atoms with van der Waals surface area (Å²) in [5, 5.41) is 4.64. The van der Waals surface area contributed by atoms with Crippen LogP contribution in [0.25, 0.3) is 10.8 Å². The Hall–Kier alpha value is -2.07. The summed E-state index contributed by atoms with van der Waals surface area (Å²) in [6.07, 6.45) is 0. The van der Waals surface area contributed by atoms with Gasteiger partial charge >= 0.3 is 0 Å². The van der Waals surface area contributed by atoms with Crippen molar-refractivity contribution in [3.8, 4) is 5.75 Å². The molecule has 0 heterocycles. The molecule has 18 heavy (non-hydrogen) atoms. The molecule has 2 aromatic carbocycles. The van der Waals surface area contributed by atoms with Crippen LogP contribution in [-0.4, -0.2) is 20.1 Å². The molecular weight excluding hydrogens is 228 g/mol. The molecule has 0 bridgehead atoms. The van der Waals surface area contributed by atoms with Crippen LogP contribution in [0.15, 0.2) is 36.4 Å². The number of hydrogen-bond donors (Lipinski definition) is 2. The Balaban J connectivity index is 2.42. The largest absolute Gasteiger partial charge is 0.497 e. The van der Waals surface area contributed by atoms with E-state index in [-0.39, 0.29) is 5.91 Å². The molecule has 0 radical (unpaired) electrons. The fraction of sp³-hybridized carbons (Fsp3) is 0.214. The molecule has 0 aliphatic rings. The SMILES string of the molecule is CNC(=O)C(N)c1ccc2cc(OC)ccc2c1. The van der Waals surface area contributed by atoms with E-state index in [1.807, 2.05) is 36.4 Å². The number of carbonyl (C=O) groups excluding carboxylic acids is 1. The Labute approximate surface area is 106 Å². The number of rotatable bonds is 3. The zero-order chi connectivity index (χ0) is 13.1. The van der Waals surface area contributed by atoms with E-state index in [0.717, 1.165) is 22.1 Å². The van der Waals surface area contributed by atoms with Crippen molar-refractivity contribution in [2.45, 2.75) is 6.04 Å². The Bertz CT molecular complexity index is 581. The van der Waals surface area contributed by atoms with Crippen molar-refractivity contribution in [1.29, 1.82) is 0 Å². The lowest BCUT2D eigenvalue weighted by atomic mass is 10.0. The van der Waals surface area contributed by atoms with Crippen LogP contribution in [0.4, 0.5) is 0 Å². The van der Waals surface area contributed by atoms with Gasteiger partial charge in [-0.05, 0) is 34.5 Å². The van der Waals surface area contributed by atoms with Gasteiger partial charge in [-0.15, -0.1) is 0 Å². The molecule has 4 heteroatoms. The Morgan fingerprint density at radius 3 is 2.56 bits per heavy atom. The molecule has 0 saturated carbocycles. The van der Waals surface area contributed by atoms with Crippen LogP contribution in [-0.2, 0) is 4.79 Å². The van der Waals surface area contributed by atoms with Gasteiger partial charge in [0.15, 0.2) is 0 Å². The lowest BCUT2D eigenvalue weighted by Gasteiger charge is -2.11. The third-order valence-corrected chi connectivity index (χ3v) is 2.96. The van der Waals surface area contributed by atoms with E-state index in [4.69, 9.17) is 10.5 Å². The van der Waals surface area contributed by atoms with Gasteiger partial charge in [0, 0.05) is 7.05 Å². The molecule has 1 atom stereocenters. The maximum atomic E-state index is 11.5. The highest BCUT2D eigenvalue weighted by Gasteiger charge is 2.14. The molecule has 0 saturated heterocycles. The number of methoxy groups -OCH3 is 1. The Kier molecular flexibility index (Phi) is 3.48. The summed E-state index contributed by atoms with van der Waals surface area (Å²) in [6.45, 7) is 0. The summed E-state index contributed by atoms with van der Waals surface area (Å²) in [5.74, 6) is 0.619. The molecule has 0 aliphatic carbocycles. The molecule has 0 spiro atoms. The van der Waals surface area contributed by atoms with Gasteiger partial charge in [-0.25, -0.2) is 0 Å². The second-order valence-electron chi connectivity index (χ2n) is 4.06. The number of carbonyl (C=O) groups is 1. The van der Waals surface area contributed by atoms with Crippen LogP contribution < -0.4 is 15.8 Å². The number of likely N-dealkylation sites (N-methyl/N-ethyl adjacent to an activating group) is 1. The second kappa shape index (κ2) is 5.06. The van der Waals surface area contributed by atoms with Crippen molar-refractivity contribution in [3.05, 3.63) is 42.0 Å². The van der Waals surface area contributed by atoms with Crippen LogP contribution >= 0.6 is 0 Å². The van der Waals surface area contributed by atoms with Gasteiger partial charge in [-0.1, -0.05) is 18.2 Å². The van der Waals surface area contributed by atoms with Crippen molar-refractivity contribution in [2.24, 2.45) is 5.73 Å². The van der Waals surface area contributed by atoms with Crippen LogP contribution in [0, 0.1) is 0 Å². The van der Waals surface area contributed by atoms with Crippen molar-refractivity contribution in [1.82, 2.24) is 5.32 Å². The summed E-state index contributed by atoms with van der Waals surface area (Å²) in [6, 6.07) is 10.9. The minimum atomic E-state index is -0.637. The van der Waals surface area contributed by atoms with Crippen molar-refractivity contribution >= 4 is 16.7 Å². The molecule has 1 unspecified atom stereocenters. The lowest BCUT2D eigenvalue weighted by Crippen LogP contribution is -2.31. The minimum absolute atomic E-state index is 0.192. The van der Waals surface area contributed by atoms with E-state index < -0.39 is 6.04 Å². The van der Waals surface area contributed by atoms with Crippen molar-refractivity contribution in [3.63, 3.8) is 0 Å². The van der Waals surface area contributed by atoms with Gasteiger partial charge in [-0.3, -0.25) is 4.79 Å². The number of fused-ring (bicyclic) bond motifs is 1. The molecular formula is C14H16N2O2. The van der Waals surface area contributed by atoms with Crippen LogP contribution in [0.1, 0.15) is 11.6 Å². The zero-order valence-corrected chi connectivity index (χ0v) is 10.4. The summed E-state index contributed by atoms with van der Waals surface area (Å²) < 4.78 is 5.17. The molecule has 4 nitrogen and oxygen atoms in total. The van der Waals surface area contributed by atoms with Gasteiger partial charge in [0.1, 0.15) is 11.8 Å². The first-order chi connectivity index (χ1) is 8.65. The lowest BCUT2D eigenvalue weighted by molar-refractivity contribution is -0.121. The van der Waals surface area contributed by atoms with Crippen LogP contribution in [0.3, 0.4) is 0 Å². The van der Waals surface area contributed by atoms with E-state index in [1.165, 1.54) is 0 Å². The first kappa shape index (κ1) is 12.4. The molecule has 0 aromatic heterocycles. The Morgan fingerprint density at radius 2 is 1.89 bits per heavy atom. The monoisotopic (exact) mass is 244 g/mol. The highest BCUT2D eigenvalue weighted by atomic mass is 16.5. The van der Waals surface area contributed by atoms with E-state index >= 15 is 0 Å². The second-order valence-corrected chi connectivity index (χ2v) is 4.06. The minimum Gasteiger partial charge on any atom is -0.497 e. The number of benzene rings is 2. The molecule has 1 amide bonds. The van der Waals surface area contributed by atoms with Gasteiger partial charge in [0.25, 0.3) is 0 Å². The fourth-order valence-corrected chi connectivity index (χ4v) is 1.87. The average Bonchev–Trinajstić information content (AvgIpc) is 2.44. The first-order valence-corrected chi connectivity index (χ1v) is 5.70. The third kappa shape index (κ3) is 2.28. The number of ether oxygens (including phenoxy) is 1. The smallest absolute Gasteiger partial charge is 0.241 e. The van der Waals surface area contributed by atoms with E-state index in [1.54, 1.807) is 14.2 Å². The molecule has 0 aliphatic heterocycles. The summed E-state index contributed by atoms with van der Waals surface area (Å²) in [5.41, 5.74) is 6.66. The van der Waals surface area contributed by atoms with Gasteiger partial charge in [-0.2, -0.15) is 0 Å². The molecule has 0 fully saturated rings. The fourth-order valence-electron chi connectivity index (χ4n) is 1.87. The average molecular weight is 244 g/mol. The highest BCUT2D eigenvalue weighted by molar-refractivity contribution is 5.88. The molecule has 3 N–H and O–H groups in total. The number of nitrogens with one attached hydrogen (secondary N) is 1. The predicted molar refractivity (Wildman–Crippen MR) is 71.5 cm³/mol. The molecule has 2 aromatic rings. The first-order valence-electron chi connectivity index (χ1n) is 5.70. The van der Waals surface area contributed by atoms with Gasteiger partial charge < -0.3 is 15.8 Å². The predicted octanol–water partition coefficient (Wildman–Crippen LogP) is 1.59. The maximum Gasteiger partial charge on any atom is 0.241 e. The normalized spacial score (nSPS) is 12.2. The number of hydrogen-bond acceptors (Lipinski definition) is 3.